The van der Waals surface area contributed by atoms with Crippen molar-refractivity contribution in [3.63, 3.8) is 0 Å². The molecular formula is C17H25N3O. The van der Waals surface area contributed by atoms with Crippen LogP contribution in [0.4, 0.5) is 0 Å². The number of rotatable bonds is 7. The lowest BCUT2D eigenvalue weighted by Gasteiger charge is -2.16. The molecule has 1 unspecified atom stereocenters. The highest BCUT2D eigenvalue weighted by Gasteiger charge is 2.11. The third-order valence-electron chi connectivity index (χ3n) is 3.69. The Morgan fingerprint density at radius 2 is 2.14 bits per heavy atom. The molecule has 2 aromatic rings. The number of ether oxygens (including phenoxy) is 1. The van der Waals surface area contributed by atoms with Crippen molar-refractivity contribution in [2.24, 2.45) is 5.73 Å². The lowest BCUT2D eigenvalue weighted by molar-refractivity contribution is 0.300. The van der Waals surface area contributed by atoms with Gasteiger partial charge in [-0.2, -0.15) is 5.10 Å². The minimum absolute atomic E-state index is 0.178. The predicted molar refractivity (Wildman–Crippen MR) is 85.4 cm³/mol. The van der Waals surface area contributed by atoms with Gasteiger partial charge in [-0.1, -0.05) is 25.1 Å². The van der Waals surface area contributed by atoms with Crippen molar-refractivity contribution in [3.8, 4) is 5.75 Å². The Hall–Kier alpha value is -1.81. The quantitative estimate of drug-likeness (QED) is 0.851. The molecule has 0 aliphatic rings. The molecule has 0 fully saturated rings. The second-order valence-corrected chi connectivity index (χ2v) is 5.43. The summed E-state index contributed by atoms with van der Waals surface area (Å²) in [5.74, 6) is 0.964. The number of aryl methyl sites for hydroxylation is 2. The lowest BCUT2D eigenvalue weighted by Crippen LogP contribution is -2.21. The summed E-state index contributed by atoms with van der Waals surface area (Å²) in [5, 5.41) is 4.27. The summed E-state index contributed by atoms with van der Waals surface area (Å²) in [4.78, 5) is 0. The van der Waals surface area contributed by atoms with E-state index in [9.17, 15) is 0 Å². The van der Waals surface area contributed by atoms with Crippen LogP contribution in [0.5, 0.6) is 5.75 Å². The summed E-state index contributed by atoms with van der Waals surface area (Å²) in [6.07, 6.45) is 5.70. The summed E-state index contributed by atoms with van der Waals surface area (Å²) < 4.78 is 7.96. The van der Waals surface area contributed by atoms with E-state index >= 15 is 0 Å². The highest BCUT2D eigenvalue weighted by Crippen LogP contribution is 2.25. The van der Waals surface area contributed by atoms with Crippen LogP contribution in [-0.2, 0) is 19.6 Å². The van der Waals surface area contributed by atoms with Gasteiger partial charge in [0.25, 0.3) is 0 Å². The maximum atomic E-state index is 6.08. The van der Waals surface area contributed by atoms with Gasteiger partial charge in [0.15, 0.2) is 0 Å². The number of nitrogens with zero attached hydrogens (tertiary/aromatic N) is 2. The average molecular weight is 287 g/mol. The second-order valence-electron chi connectivity index (χ2n) is 5.43. The number of hydrogen-bond acceptors (Lipinski definition) is 3. The summed E-state index contributed by atoms with van der Waals surface area (Å²) in [5.41, 5.74) is 9.51. The Balaban J connectivity index is 2.10. The van der Waals surface area contributed by atoms with Gasteiger partial charge in [-0.15, -0.1) is 0 Å². The van der Waals surface area contributed by atoms with Crippen molar-refractivity contribution < 1.29 is 4.74 Å². The molecule has 2 rings (SSSR count). The SMILES string of the molecule is CCC(N)Cc1cccc(C)c1OCc1cnn(CC)c1. The molecule has 0 saturated heterocycles. The molecule has 4 heteroatoms. The van der Waals surface area contributed by atoms with Crippen molar-refractivity contribution in [2.75, 3.05) is 0 Å². The van der Waals surface area contributed by atoms with Gasteiger partial charge in [0.05, 0.1) is 6.20 Å². The van der Waals surface area contributed by atoms with Crippen LogP contribution in [0, 0.1) is 6.92 Å². The van der Waals surface area contributed by atoms with Crippen LogP contribution in [0.1, 0.15) is 37.0 Å². The first-order valence-corrected chi connectivity index (χ1v) is 7.62. The van der Waals surface area contributed by atoms with Gasteiger partial charge in [0, 0.05) is 24.3 Å². The zero-order valence-corrected chi connectivity index (χ0v) is 13.2. The highest BCUT2D eigenvalue weighted by molar-refractivity contribution is 5.41. The Labute approximate surface area is 126 Å². The molecule has 0 bridgehead atoms. The first kappa shape index (κ1) is 15.6. The monoisotopic (exact) mass is 287 g/mol. The van der Waals surface area contributed by atoms with Crippen LogP contribution in [0.15, 0.2) is 30.6 Å². The van der Waals surface area contributed by atoms with Crippen LogP contribution in [-0.4, -0.2) is 15.8 Å². The predicted octanol–water partition coefficient (Wildman–Crippen LogP) is 3.07. The normalized spacial score (nSPS) is 12.4. The van der Waals surface area contributed by atoms with E-state index in [1.54, 1.807) is 0 Å². The molecule has 0 amide bonds. The first-order chi connectivity index (χ1) is 10.1. The molecule has 0 saturated carbocycles. The zero-order chi connectivity index (χ0) is 15.2. The van der Waals surface area contributed by atoms with Crippen molar-refractivity contribution in [3.05, 3.63) is 47.3 Å². The smallest absolute Gasteiger partial charge is 0.125 e. The Kier molecular flexibility index (Phi) is 5.39. The maximum Gasteiger partial charge on any atom is 0.125 e. The fourth-order valence-corrected chi connectivity index (χ4v) is 2.32. The first-order valence-electron chi connectivity index (χ1n) is 7.62. The van der Waals surface area contributed by atoms with Crippen molar-refractivity contribution in [2.45, 2.75) is 52.8 Å². The molecule has 21 heavy (non-hydrogen) atoms. The fraction of sp³-hybridized carbons (Fsp3) is 0.471. The average Bonchev–Trinajstić information content (AvgIpc) is 2.94. The van der Waals surface area contributed by atoms with E-state index < -0.39 is 0 Å². The Morgan fingerprint density at radius 3 is 2.81 bits per heavy atom. The number of aromatic nitrogens is 2. The van der Waals surface area contributed by atoms with E-state index in [0.29, 0.717) is 6.61 Å². The third-order valence-corrected chi connectivity index (χ3v) is 3.69. The minimum atomic E-state index is 0.178. The molecule has 1 aromatic carbocycles. The number of hydrogen-bond donors (Lipinski definition) is 1. The van der Waals surface area contributed by atoms with E-state index in [2.05, 4.69) is 44.1 Å². The molecule has 0 radical (unpaired) electrons. The molecular weight excluding hydrogens is 262 g/mol. The van der Waals surface area contributed by atoms with Crippen LogP contribution in [0.2, 0.25) is 0 Å². The molecule has 114 valence electrons. The highest BCUT2D eigenvalue weighted by atomic mass is 16.5. The van der Waals surface area contributed by atoms with E-state index in [1.807, 2.05) is 17.1 Å². The Bertz CT molecular complexity index is 577. The van der Waals surface area contributed by atoms with Gasteiger partial charge >= 0.3 is 0 Å². The van der Waals surface area contributed by atoms with Gasteiger partial charge < -0.3 is 10.5 Å². The second kappa shape index (κ2) is 7.27. The van der Waals surface area contributed by atoms with Crippen molar-refractivity contribution >= 4 is 0 Å². The van der Waals surface area contributed by atoms with Crippen LogP contribution in [0.3, 0.4) is 0 Å². The zero-order valence-electron chi connectivity index (χ0n) is 13.2. The summed E-state index contributed by atoms with van der Waals surface area (Å²) in [6.45, 7) is 7.68. The summed E-state index contributed by atoms with van der Waals surface area (Å²) in [6, 6.07) is 6.42. The van der Waals surface area contributed by atoms with Crippen LogP contribution >= 0.6 is 0 Å². The molecule has 0 spiro atoms. The van der Waals surface area contributed by atoms with E-state index in [-0.39, 0.29) is 6.04 Å². The van der Waals surface area contributed by atoms with Crippen LogP contribution in [0.25, 0.3) is 0 Å². The van der Waals surface area contributed by atoms with Gasteiger partial charge in [-0.25, -0.2) is 0 Å². The number of benzene rings is 1. The summed E-state index contributed by atoms with van der Waals surface area (Å²) in [7, 11) is 0. The van der Waals surface area contributed by atoms with Gasteiger partial charge in [-0.3, -0.25) is 4.68 Å². The molecule has 2 N–H and O–H groups in total. The van der Waals surface area contributed by atoms with E-state index in [4.69, 9.17) is 10.5 Å². The topological polar surface area (TPSA) is 53.1 Å². The molecule has 0 aliphatic carbocycles. The van der Waals surface area contributed by atoms with Crippen molar-refractivity contribution in [1.82, 2.24) is 9.78 Å². The minimum Gasteiger partial charge on any atom is -0.488 e. The van der Waals surface area contributed by atoms with E-state index in [0.717, 1.165) is 36.3 Å². The van der Waals surface area contributed by atoms with Crippen molar-refractivity contribution in [1.29, 1.82) is 0 Å². The molecule has 4 nitrogen and oxygen atoms in total. The molecule has 1 heterocycles. The fourth-order valence-electron chi connectivity index (χ4n) is 2.32. The molecule has 1 aromatic heterocycles. The van der Waals surface area contributed by atoms with Gasteiger partial charge in [0.2, 0.25) is 0 Å². The van der Waals surface area contributed by atoms with E-state index in [1.165, 1.54) is 5.56 Å². The number of nitrogens with two attached hydrogens (primary N) is 1. The molecule has 0 aliphatic heterocycles. The van der Waals surface area contributed by atoms with Crippen LogP contribution < -0.4 is 10.5 Å². The standard InChI is InChI=1S/C17H25N3O/c1-4-16(18)9-15-8-6-7-13(3)17(15)21-12-14-10-19-20(5-2)11-14/h6-8,10-11,16H,4-5,9,12,18H2,1-3H3. The lowest BCUT2D eigenvalue weighted by atomic mass is 10.0. The number of para-hydroxylation sites is 1. The largest absolute Gasteiger partial charge is 0.488 e. The Morgan fingerprint density at radius 1 is 1.33 bits per heavy atom. The summed E-state index contributed by atoms with van der Waals surface area (Å²) >= 11 is 0. The van der Waals surface area contributed by atoms with Gasteiger partial charge in [0.1, 0.15) is 12.4 Å². The molecule has 1 atom stereocenters. The van der Waals surface area contributed by atoms with Gasteiger partial charge in [-0.05, 0) is 37.8 Å². The third kappa shape index (κ3) is 4.08. The maximum absolute atomic E-state index is 6.08.